The van der Waals surface area contributed by atoms with E-state index in [1.54, 1.807) is 0 Å². The third kappa shape index (κ3) is 4.45. The minimum absolute atomic E-state index is 0.0207. The molecule has 0 bridgehead atoms. The van der Waals surface area contributed by atoms with Crippen molar-refractivity contribution in [2.24, 2.45) is 0 Å². The fourth-order valence-electron chi connectivity index (χ4n) is 3.06. The fourth-order valence-corrected chi connectivity index (χ4v) is 4.73. The Balaban J connectivity index is 1.84. The van der Waals surface area contributed by atoms with E-state index in [0.717, 1.165) is 25.9 Å². The molecule has 0 aliphatic carbocycles. The molecule has 2 rings (SSSR count). The highest BCUT2D eigenvalue weighted by molar-refractivity contribution is 7.91. The summed E-state index contributed by atoms with van der Waals surface area (Å²) < 4.78 is 22.8. The summed E-state index contributed by atoms with van der Waals surface area (Å²) in [6.45, 7) is 3.87. The van der Waals surface area contributed by atoms with E-state index >= 15 is 0 Å². The zero-order valence-corrected chi connectivity index (χ0v) is 13.1. The molecule has 2 atom stereocenters. The first kappa shape index (κ1) is 15.8. The van der Waals surface area contributed by atoms with Crippen molar-refractivity contribution in [2.75, 3.05) is 24.6 Å². The van der Waals surface area contributed by atoms with Gasteiger partial charge in [-0.3, -0.25) is 9.69 Å². The van der Waals surface area contributed by atoms with Crippen LogP contribution in [-0.4, -0.2) is 55.9 Å². The fraction of sp³-hybridized carbons (Fsp3) is 0.929. The maximum absolute atomic E-state index is 12.3. The van der Waals surface area contributed by atoms with Gasteiger partial charge in [0, 0.05) is 6.04 Å². The van der Waals surface area contributed by atoms with Crippen LogP contribution in [0.15, 0.2) is 0 Å². The molecule has 0 aromatic heterocycles. The number of carbonyl (C=O) groups is 1. The number of sulfone groups is 1. The molecule has 1 N–H and O–H groups in total. The Bertz CT molecular complexity index is 428. The Kier molecular flexibility index (Phi) is 5.43. The number of hydrogen-bond acceptors (Lipinski definition) is 4. The van der Waals surface area contributed by atoms with Gasteiger partial charge in [-0.15, -0.1) is 0 Å². The average molecular weight is 302 g/mol. The van der Waals surface area contributed by atoms with Crippen LogP contribution in [0.4, 0.5) is 0 Å². The minimum Gasteiger partial charge on any atom is -0.351 e. The zero-order chi connectivity index (χ0) is 14.6. The molecule has 0 unspecified atom stereocenters. The number of carbonyl (C=O) groups excluding carboxylic acids is 1. The van der Waals surface area contributed by atoms with E-state index in [9.17, 15) is 13.2 Å². The number of amides is 1. The van der Waals surface area contributed by atoms with Crippen molar-refractivity contribution in [3.8, 4) is 0 Å². The second-order valence-corrected chi connectivity index (χ2v) is 8.32. The lowest BCUT2D eigenvalue weighted by molar-refractivity contribution is -0.126. The average Bonchev–Trinajstić information content (AvgIpc) is 2.67. The van der Waals surface area contributed by atoms with Crippen molar-refractivity contribution in [1.29, 1.82) is 0 Å². The topological polar surface area (TPSA) is 66.5 Å². The Morgan fingerprint density at radius 3 is 2.30 bits per heavy atom. The smallest absolute Gasteiger partial charge is 0.237 e. The largest absolute Gasteiger partial charge is 0.351 e. The van der Waals surface area contributed by atoms with Crippen molar-refractivity contribution >= 4 is 15.7 Å². The van der Waals surface area contributed by atoms with Crippen LogP contribution in [-0.2, 0) is 14.6 Å². The van der Waals surface area contributed by atoms with Gasteiger partial charge in [-0.2, -0.15) is 0 Å². The van der Waals surface area contributed by atoms with E-state index in [-0.39, 0.29) is 29.5 Å². The predicted octanol–water partition coefficient (Wildman–Crippen LogP) is 0.944. The van der Waals surface area contributed by atoms with E-state index in [2.05, 4.69) is 10.2 Å². The van der Waals surface area contributed by atoms with Crippen molar-refractivity contribution < 1.29 is 13.2 Å². The summed E-state index contributed by atoms with van der Waals surface area (Å²) in [6.07, 6.45) is 6.64. The first-order valence-electron chi connectivity index (χ1n) is 7.73. The van der Waals surface area contributed by atoms with Crippen LogP contribution in [0.1, 0.15) is 45.4 Å². The van der Waals surface area contributed by atoms with Crippen LogP contribution in [0.2, 0.25) is 0 Å². The summed E-state index contributed by atoms with van der Waals surface area (Å²) in [6, 6.07) is -0.346. The van der Waals surface area contributed by atoms with Crippen molar-refractivity contribution in [2.45, 2.75) is 57.5 Å². The van der Waals surface area contributed by atoms with Gasteiger partial charge in [0.1, 0.15) is 0 Å². The van der Waals surface area contributed by atoms with Crippen LogP contribution >= 0.6 is 0 Å². The van der Waals surface area contributed by atoms with Crippen LogP contribution in [0.3, 0.4) is 0 Å². The molecule has 0 radical (unpaired) electrons. The van der Waals surface area contributed by atoms with Crippen molar-refractivity contribution in [3.63, 3.8) is 0 Å². The Hall–Kier alpha value is -0.620. The molecule has 116 valence electrons. The molecule has 0 saturated carbocycles. The number of hydrogen-bond donors (Lipinski definition) is 1. The van der Waals surface area contributed by atoms with Gasteiger partial charge in [-0.05, 0) is 39.3 Å². The lowest BCUT2D eigenvalue weighted by Gasteiger charge is -2.30. The van der Waals surface area contributed by atoms with E-state index in [1.165, 1.54) is 19.3 Å². The summed E-state index contributed by atoms with van der Waals surface area (Å²) in [5, 5.41) is 2.91. The van der Waals surface area contributed by atoms with Gasteiger partial charge in [0.05, 0.1) is 17.5 Å². The van der Waals surface area contributed by atoms with Gasteiger partial charge in [0.2, 0.25) is 5.91 Å². The number of nitrogens with one attached hydrogen (secondary N) is 1. The monoisotopic (exact) mass is 302 g/mol. The molecule has 5 nitrogen and oxygen atoms in total. The third-order valence-corrected chi connectivity index (χ3v) is 6.16. The molecule has 2 saturated heterocycles. The van der Waals surface area contributed by atoms with E-state index in [1.807, 2.05) is 6.92 Å². The molecule has 2 aliphatic rings. The standard InChI is InChI=1S/C14H26N2O3S/c1-12(16-8-5-3-2-4-6-9-16)14(17)15-13-7-10-20(18,19)11-13/h12-13H,2-11H2,1H3,(H,15,17)/t12-,13+/m0/s1. The molecule has 0 aromatic rings. The van der Waals surface area contributed by atoms with Crippen LogP contribution in [0, 0.1) is 0 Å². The molecule has 0 aromatic carbocycles. The van der Waals surface area contributed by atoms with Gasteiger partial charge in [-0.1, -0.05) is 19.3 Å². The first-order chi connectivity index (χ1) is 9.48. The predicted molar refractivity (Wildman–Crippen MR) is 79.3 cm³/mol. The van der Waals surface area contributed by atoms with Crippen LogP contribution < -0.4 is 5.32 Å². The van der Waals surface area contributed by atoms with Gasteiger partial charge in [-0.25, -0.2) is 8.42 Å². The van der Waals surface area contributed by atoms with E-state index < -0.39 is 9.84 Å². The summed E-state index contributed by atoms with van der Waals surface area (Å²) in [5.41, 5.74) is 0. The molecule has 6 heteroatoms. The molecule has 2 fully saturated rings. The maximum Gasteiger partial charge on any atom is 0.237 e. The van der Waals surface area contributed by atoms with Gasteiger partial charge in [0.15, 0.2) is 9.84 Å². The highest BCUT2D eigenvalue weighted by atomic mass is 32.2. The lowest BCUT2D eigenvalue weighted by Crippen LogP contribution is -2.49. The number of nitrogens with zero attached hydrogens (tertiary/aromatic N) is 1. The summed E-state index contributed by atoms with van der Waals surface area (Å²) >= 11 is 0. The first-order valence-corrected chi connectivity index (χ1v) is 9.55. The zero-order valence-electron chi connectivity index (χ0n) is 12.3. The highest BCUT2D eigenvalue weighted by Crippen LogP contribution is 2.15. The van der Waals surface area contributed by atoms with Gasteiger partial charge >= 0.3 is 0 Å². The van der Waals surface area contributed by atoms with E-state index in [0.29, 0.717) is 6.42 Å². The van der Waals surface area contributed by atoms with Crippen LogP contribution in [0.5, 0.6) is 0 Å². The summed E-state index contributed by atoms with van der Waals surface area (Å²) in [7, 11) is -2.93. The number of rotatable bonds is 3. The second-order valence-electron chi connectivity index (χ2n) is 6.09. The Morgan fingerprint density at radius 2 is 1.75 bits per heavy atom. The molecular weight excluding hydrogens is 276 g/mol. The summed E-state index contributed by atoms with van der Waals surface area (Å²) in [5.74, 6) is 0.286. The highest BCUT2D eigenvalue weighted by Gasteiger charge is 2.31. The van der Waals surface area contributed by atoms with Gasteiger partial charge in [0.25, 0.3) is 0 Å². The Labute approximate surface area is 122 Å². The van der Waals surface area contributed by atoms with Crippen molar-refractivity contribution in [1.82, 2.24) is 10.2 Å². The molecule has 1 amide bonds. The SMILES string of the molecule is C[C@@H](C(=O)N[C@@H]1CCS(=O)(=O)C1)N1CCCCCCC1. The molecule has 2 aliphatic heterocycles. The molecule has 2 heterocycles. The van der Waals surface area contributed by atoms with Gasteiger partial charge < -0.3 is 5.32 Å². The Morgan fingerprint density at radius 1 is 1.15 bits per heavy atom. The summed E-state index contributed by atoms with van der Waals surface area (Å²) in [4.78, 5) is 14.5. The van der Waals surface area contributed by atoms with Crippen molar-refractivity contribution in [3.05, 3.63) is 0 Å². The quantitative estimate of drug-likeness (QED) is 0.843. The number of likely N-dealkylation sites (tertiary alicyclic amines) is 1. The normalized spacial score (nSPS) is 29.4. The maximum atomic E-state index is 12.3. The molecule has 20 heavy (non-hydrogen) atoms. The minimum atomic E-state index is -2.93. The molecule has 0 spiro atoms. The van der Waals surface area contributed by atoms with Crippen LogP contribution in [0.25, 0.3) is 0 Å². The second kappa shape index (κ2) is 6.89. The lowest BCUT2D eigenvalue weighted by atomic mass is 10.1. The third-order valence-electron chi connectivity index (χ3n) is 4.40. The van der Waals surface area contributed by atoms with E-state index in [4.69, 9.17) is 0 Å². The molecular formula is C14H26N2O3S.